The summed E-state index contributed by atoms with van der Waals surface area (Å²) in [5, 5.41) is 19.0. The Morgan fingerprint density at radius 3 is 2.33 bits per heavy atom. The fourth-order valence-corrected chi connectivity index (χ4v) is 6.35. The lowest BCUT2D eigenvalue weighted by Gasteiger charge is -2.36. The zero-order chi connectivity index (χ0) is 37.9. The number of halogens is 6. The molecule has 2 amide bonds. The Kier molecular flexibility index (Phi) is 11.2. The first-order valence-electron chi connectivity index (χ1n) is 16.8. The molecule has 4 bridgehead atoms. The van der Waals surface area contributed by atoms with Gasteiger partial charge in [0.2, 0.25) is 5.60 Å². The van der Waals surface area contributed by atoms with Crippen LogP contribution >= 0.6 is 0 Å². The molecule has 1 aromatic carbocycles. The molecule has 2 aliphatic rings. The van der Waals surface area contributed by atoms with E-state index >= 15 is 13.2 Å². The highest BCUT2D eigenvalue weighted by Gasteiger charge is 2.61. The number of amides is 2. The summed E-state index contributed by atoms with van der Waals surface area (Å²) < 4.78 is 106. The van der Waals surface area contributed by atoms with Crippen molar-refractivity contribution in [2.24, 2.45) is 5.92 Å². The highest BCUT2D eigenvalue weighted by atomic mass is 19.4. The van der Waals surface area contributed by atoms with Gasteiger partial charge in [0.05, 0.1) is 23.9 Å². The van der Waals surface area contributed by atoms with Crippen LogP contribution < -0.4 is 5.32 Å². The molecule has 3 heterocycles. The van der Waals surface area contributed by atoms with E-state index in [0.29, 0.717) is 37.3 Å². The number of nitrogens with zero attached hydrogens (tertiary/aromatic N) is 5. The Morgan fingerprint density at radius 1 is 1.02 bits per heavy atom. The van der Waals surface area contributed by atoms with E-state index in [2.05, 4.69) is 26.6 Å². The Morgan fingerprint density at radius 2 is 1.71 bits per heavy atom. The minimum Gasteiger partial charge on any atom is -0.444 e. The molecule has 1 atom stereocenters. The van der Waals surface area contributed by atoms with Gasteiger partial charge in [-0.15, -0.1) is 10.2 Å². The lowest BCUT2D eigenvalue weighted by molar-refractivity contribution is -0.300. The van der Waals surface area contributed by atoms with Gasteiger partial charge in [-0.3, -0.25) is 10.1 Å². The highest BCUT2D eigenvalue weighted by molar-refractivity contribution is 5.97. The monoisotopic (exact) mass is 736 g/mol. The molecule has 5 rings (SSSR count). The fourth-order valence-electron chi connectivity index (χ4n) is 6.35. The molecule has 1 unspecified atom stereocenters. The quantitative estimate of drug-likeness (QED) is 0.255. The fraction of sp³-hybridized carbons (Fsp3) is 0.543. The molecule has 1 aliphatic heterocycles. The SMILES string of the molecule is CC(C)(C)OC(=O)Nc1cc(C(F)(F)F)c2nc1-c1nnc(o1)C(OCc1ccccc1)(C(F)(F)F)CCCCCN([C@H]1CC[C@H](C#N)CC1)C2=O. The molecular formula is C35H38F6N6O5. The van der Waals surface area contributed by atoms with Gasteiger partial charge in [-0.25, -0.2) is 9.78 Å². The maximum atomic E-state index is 15.2. The second kappa shape index (κ2) is 15.1. The van der Waals surface area contributed by atoms with Crippen LogP contribution in [-0.2, 0) is 27.9 Å². The molecule has 52 heavy (non-hydrogen) atoms. The lowest BCUT2D eigenvalue weighted by atomic mass is 9.86. The first kappa shape index (κ1) is 38.5. The van der Waals surface area contributed by atoms with Gasteiger partial charge in [0.1, 0.15) is 11.3 Å². The second-order valence-electron chi connectivity index (χ2n) is 13.9. The number of hydrogen-bond donors (Lipinski definition) is 1. The maximum Gasteiger partial charge on any atom is 0.426 e. The second-order valence-corrected chi connectivity index (χ2v) is 13.9. The lowest BCUT2D eigenvalue weighted by Crippen LogP contribution is -2.45. The summed E-state index contributed by atoms with van der Waals surface area (Å²) in [5.74, 6) is -3.20. The maximum absolute atomic E-state index is 15.2. The van der Waals surface area contributed by atoms with Crippen LogP contribution in [0.15, 0.2) is 40.8 Å². The first-order chi connectivity index (χ1) is 24.4. The van der Waals surface area contributed by atoms with Crippen molar-refractivity contribution >= 4 is 17.7 Å². The minimum absolute atomic E-state index is 0.0881. The number of hydrogen-bond acceptors (Lipinski definition) is 9. The van der Waals surface area contributed by atoms with Crippen LogP contribution in [0, 0.1) is 17.2 Å². The van der Waals surface area contributed by atoms with E-state index in [1.807, 2.05) is 0 Å². The van der Waals surface area contributed by atoms with Crippen molar-refractivity contribution in [3.8, 4) is 17.7 Å². The number of nitrogens with one attached hydrogen (secondary N) is 1. The van der Waals surface area contributed by atoms with Crippen LogP contribution in [0.4, 0.5) is 36.8 Å². The van der Waals surface area contributed by atoms with Gasteiger partial charge >= 0.3 is 18.4 Å². The third-order valence-corrected chi connectivity index (χ3v) is 8.93. The predicted molar refractivity (Wildman–Crippen MR) is 172 cm³/mol. The molecule has 1 saturated carbocycles. The smallest absolute Gasteiger partial charge is 0.426 e. The van der Waals surface area contributed by atoms with Crippen LogP contribution in [0.25, 0.3) is 11.6 Å². The van der Waals surface area contributed by atoms with Crippen molar-refractivity contribution in [3.63, 3.8) is 0 Å². The number of carbonyl (C=O) groups is 2. The van der Waals surface area contributed by atoms with Crippen molar-refractivity contribution < 1.29 is 49.8 Å². The number of fused-ring (bicyclic) bond motifs is 5. The predicted octanol–water partition coefficient (Wildman–Crippen LogP) is 8.57. The molecule has 3 aromatic rings. The van der Waals surface area contributed by atoms with Crippen LogP contribution in [0.1, 0.15) is 99.6 Å². The molecule has 280 valence electrons. The van der Waals surface area contributed by atoms with Gasteiger partial charge in [-0.2, -0.15) is 31.6 Å². The summed E-state index contributed by atoms with van der Waals surface area (Å²) in [4.78, 5) is 32.3. The average Bonchev–Trinajstić information content (AvgIpc) is 3.56. The van der Waals surface area contributed by atoms with Gasteiger partial charge in [-0.1, -0.05) is 36.8 Å². The molecule has 0 saturated heterocycles. The van der Waals surface area contributed by atoms with E-state index in [0.717, 1.165) is 0 Å². The summed E-state index contributed by atoms with van der Waals surface area (Å²) in [6.07, 6.45) is -10.5. The molecule has 2 aromatic heterocycles. The minimum atomic E-state index is -5.17. The van der Waals surface area contributed by atoms with Crippen molar-refractivity contribution in [3.05, 3.63) is 59.1 Å². The zero-order valence-electron chi connectivity index (χ0n) is 28.7. The number of alkyl halides is 6. The third kappa shape index (κ3) is 8.66. The number of ether oxygens (including phenoxy) is 2. The van der Waals surface area contributed by atoms with E-state index in [9.17, 15) is 28.0 Å². The molecule has 17 heteroatoms. The van der Waals surface area contributed by atoms with E-state index < -0.39 is 89.0 Å². The normalized spacial score (nSPS) is 21.9. The van der Waals surface area contributed by atoms with Crippen LogP contribution in [0.5, 0.6) is 0 Å². The molecule has 0 radical (unpaired) electrons. The number of rotatable bonds is 5. The van der Waals surface area contributed by atoms with Crippen molar-refractivity contribution in [2.45, 2.75) is 108 Å². The Hall–Kier alpha value is -4.72. The summed E-state index contributed by atoms with van der Waals surface area (Å²) in [6.45, 7) is 3.94. The van der Waals surface area contributed by atoms with E-state index in [1.54, 1.807) is 30.3 Å². The molecule has 1 aliphatic carbocycles. The van der Waals surface area contributed by atoms with Gasteiger partial charge in [-0.05, 0) is 77.3 Å². The van der Waals surface area contributed by atoms with Crippen LogP contribution in [0.3, 0.4) is 0 Å². The van der Waals surface area contributed by atoms with Crippen molar-refractivity contribution in [1.29, 1.82) is 5.26 Å². The summed E-state index contributed by atoms with van der Waals surface area (Å²) in [5.41, 5.74) is -7.79. The number of nitriles is 1. The van der Waals surface area contributed by atoms with Gasteiger partial charge in [0.25, 0.3) is 17.7 Å². The summed E-state index contributed by atoms with van der Waals surface area (Å²) in [7, 11) is 0. The number of anilines is 1. The van der Waals surface area contributed by atoms with E-state index in [4.69, 9.17) is 13.9 Å². The van der Waals surface area contributed by atoms with Gasteiger partial charge in [0, 0.05) is 18.5 Å². The summed E-state index contributed by atoms with van der Waals surface area (Å²) >= 11 is 0. The molecular weight excluding hydrogens is 698 g/mol. The van der Waals surface area contributed by atoms with Gasteiger partial charge in [0.15, 0.2) is 5.69 Å². The Labute approximate surface area is 295 Å². The molecule has 1 N–H and O–H groups in total. The third-order valence-electron chi connectivity index (χ3n) is 8.93. The highest BCUT2D eigenvalue weighted by Crippen LogP contribution is 2.47. The Balaban J connectivity index is 1.69. The van der Waals surface area contributed by atoms with Crippen molar-refractivity contribution in [1.82, 2.24) is 20.1 Å². The molecule has 0 spiro atoms. The average molecular weight is 737 g/mol. The van der Waals surface area contributed by atoms with Crippen LogP contribution in [-0.4, -0.2) is 56.4 Å². The van der Waals surface area contributed by atoms with Crippen molar-refractivity contribution in [2.75, 3.05) is 11.9 Å². The van der Waals surface area contributed by atoms with E-state index in [1.165, 1.54) is 25.7 Å². The number of carbonyl (C=O) groups excluding carboxylic acids is 2. The first-order valence-corrected chi connectivity index (χ1v) is 16.8. The molecule has 11 nitrogen and oxygen atoms in total. The van der Waals surface area contributed by atoms with Crippen LogP contribution in [0.2, 0.25) is 0 Å². The number of benzene rings is 1. The number of pyridine rings is 1. The zero-order valence-corrected chi connectivity index (χ0v) is 28.7. The Bertz CT molecular complexity index is 1780. The largest absolute Gasteiger partial charge is 0.444 e. The standard InChI is InChI=1S/C35H38F6N6O5/c1-32(2,3)52-31(49)43-25-18-24(34(36,37)38)26-29(48)47(23-14-12-21(19-42)13-15-23)17-9-5-8-16-33(35(39,40)41,50-20-22-10-6-4-7-11-22)30-46-45-28(51-30)27(25)44-26/h4,6-7,10-11,18,21,23H,5,8-9,12-17,20H2,1-3H3,(H,43,49)/t21-,23-,33?. The topological polar surface area (TPSA) is 143 Å². The van der Waals surface area contributed by atoms with E-state index in [-0.39, 0.29) is 31.7 Å². The summed E-state index contributed by atoms with van der Waals surface area (Å²) in [6, 6.07) is 10.2. The number of aromatic nitrogens is 3. The van der Waals surface area contributed by atoms with Gasteiger partial charge < -0.3 is 18.8 Å². The molecule has 1 fully saturated rings.